The zero-order valence-corrected chi connectivity index (χ0v) is 9.60. The highest BCUT2D eigenvalue weighted by molar-refractivity contribution is 4.75. The van der Waals surface area contributed by atoms with Gasteiger partial charge in [0, 0.05) is 12.1 Å². The summed E-state index contributed by atoms with van der Waals surface area (Å²) in [6, 6.07) is 0. The highest BCUT2D eigenvalue weighted by Gasteiger charge is 2.16. The van der Waals surface area contributed by atoms with Gasteiger partial charge >= 0.3 is 0 Å². The van der Waals surface area contributed by atoms with Crippen LogP contribution in [0.15, 0.2) is 0 Å². The summed E-state index contributed by atoms with van der Waals surface area (Å²) in [7, 11) is 0. The summed E-state index contributed by atoms with van der Waals surface area (Å²) in [5, 5.41) is 0. The van der Waals surface area contributed by atoms with E-state index in [0.717, 1.165) is 13.0 Å². The van der Waals surface area contributed by atoms with E-state index >= 15 is 0 Å². The first kappa shape index (κ1) is 12.9. The predicted molar refractivity (Wildman–Crippen MR) is 57.8 cm³/mol. The van der Waals surface area contributed by atoms with E-state index in [1.54, 1.807) is 0 Å². The van der Waals surface area contributed by atoms with Crippen LogP contribution in [0.5, 0.6) is 0 Å². The van der Waals surface area contributed by atoms with E-state index in [-0.39, 0.29) is 5.54 Å². The third-order valence-electron chi connectivity index (χ3n) is 2.75. The molecule has 2 N–H and O–H groups in total. The quantitative estimate of drug-likeness (QED) is 0.665. The van der Waals surface area contributed by atoms with Gasteiger partial charge in [0.15, 0.2) is 0 Å². The van der Waals surface area contributed by atoms with Crippen LogP contribution >= 0.6 is 0 Å². The Hall–Kier alpha value is -0.0800. The van der Waals surface area contributed by atoms with E-state index in [2.05, 4.69) is 20.8 Å². The Balaban J connectivity index is 3.54. The number of nitrogens with two attached hydrogens (primary N) is 1. The Labute approximate surface area is 82.8 Å². The van der Waals surface area contributed by atoms with E-state index in [4.69, 9.17) is 10.5 Å². The largest absolute Gasteiger partial charge is 0.379 e. The summed E-state index contributed by atoms with van der Waals surface area (Å²) < 4.78 is 5.61. The molecule has 2 heteroatoms. The Bertz CT molecular complexity index is 119. The third kappa shape index (κ3) is 6.05. The molecular weight excluding hydrogens is 162 g/mol. The minimum atomic E-state index is -0.147. The van der Waals surface area contributed by atoms with Crippen molar-refractivity contribution in [2.45, 2.75) is 52.5 Å². The highest BCUT2D eigenvalue weighted by atomic mass is 16.5. The minimum absolute atomic E-state index is 0.147. The van der Waals surface area contributed by atoms with Crippen LogP contribution in [-0.2, 0) is 4.74 Å². The monoisotopic (exact) mass is 187 g/mol. The molecule has 0 radical (unpaired) electrons. The lowest BCUT2D eigenvalue weighted by Gasteiger charge is -2.23. The standard InChI is InChI=1S/C11H25NO/c1-5-10(6-2)8-13-9-11(4,12)7-3/h10H,5-9,12H2,1-4H3. The molecular formula is C11H25NO. The van der Waals surface area contributed by atoms with Crippen molar-refractivity contribution >= 4 is 0 Å². The lowest BCUT2D eigenvalue weighted by Crippen LogP contribution is -2.40. The molecule has 1 unspecified atom stereocenters. The SMILES string of the molecule is CCC(CC)COCC(C)(N)CC. The average Bonchev–Trinajstić information content (AvgIpc) is 2.12. The molecule has 0 aliphatic carbocycles. The van der Waals surface area contributed by atoms with Gasteiger partial charge in [-0.1, -0.05) is 33.6 Å². The van der Waals surface area contributed by atoms with Gasteiger partial charge in [-0.25, -0.2) is 0 Å². The van der Waals surface area contributed by atoms with Gasteiger partial charge < -0.3 is 10.5 Å². The smallest absolute Gasteiger partial charge is 0.0643 e. The molecule has 2 nitrogen and oxygen atoms in total. The van der Waals surface area contributed by atoms with Crippen molar-refractivity contribution in [2.24, 2.45) is 11.7 Å². The van der Waals surface area contributed by atoms with Crippen molar-refractivity contribution in [3.8, 4) is 0 Å². The fourth-order valence-corrected chi connectivity index (χ4v) is 1.09. The molecule has 0 heterocycles. The second-order valence-electron chi connectivity index (χ2n) is 4.21. The summed E-state index contributed by atoms with van der Waals surface area (Å²) >= 11 is 0. The molecule has 0 aliphatic heterocycles. The number of ether oxygens (including phenoxy) is 1. The first-order valence-corrected chi connectivity index (χ1v) is 5.42. The fraction of sp³-hybridized carbons (Fsp3) is 1.00. The maximum absolute atomic E-state index is 5.96. The van der Waals surface area contributed by atoms with E-state index in [0.29, 0.717) is 12.5 Å². The predicted octanol–water partition coefficient (Wildman–Crippen LogP) is 2.57. The molecule has 0 fully saturated rings. The van der Waals surface area contributed by atoms with Crippen LogP contribution in [0.25, 0.3) is 0 Å². The summed E-state index contributed by atoms with van der Waals surface area (Å²) in [6.07, 6.45) is 3.36. The Morgan fingerprint density at radius 3 is 2.15 bits per heavy atom. The molecule has 0 saturated heterocycles. The lowest BCUT2D eigenvalue weighted by molar-refractivity contribution is 0.0613. The van der Waals surface area contributed by atoms with E-state index in [1.807, 2.05) is 6.92 Å². The van der Waals surface area contributed by atoms with E-state index in [1.165, 1.54) is 12.8 Å². The molecule has 0 aromatic heterocycles. The molecule has 0 aromatic carbocycles. The molecule has 0 aliphatic rings. The van der Waals surface area contributed by atoms with Crippen molar-refractivity contribution in [3.05, 3.63) is 0 Å². The summed E-state index contributed by atoms with van der Waals surface area (Å²) in [4.78, 5) is 0. The molecule has 13 heavy (non-hydrogen) atoms. The van der Waals surface area contributed by atoms with Crippen LogP contribution in [0.1, 0.15) is 47.0 Å². The lowest BCUT2D eigenvalue weighted by atomic mass is 10.0. The van der Waals surface area contributed by atoms with Crippen molar-refractivity contribution < 1.29 is 4.74 Å². The van der Waals surface area contributed by atoms with Crippen molar-refractivity contribution in [1.82, 2.24) is 0 Å². The van der Waals surface area contributed by atoms with Gasteiger partial charge in [0.1, 0.15) is 0 Å². The topological polar surface area (TPSA) is 35.2 Å². The average molecular weight is 187 g/mol. The van der Waals surface area contributed by atoms with E-state index in [9.17, 15) is 0 Å². The number of rotatable bonds is 7. The minimum Gasteiger partial charge on any atom is -0.379 e. The first-order chi connectivity index (χ1) is 6.05. The highest BCUT2D eigenvalue weighted by Crippen LogP contribution is 2.10. The molecule has 0 aromatic rings. The van der Waals surface area contributed by atoms with Crippen LogP contribution < -0.4 is 5.73 Å². The van der Waals surface area contributed by atoms with Crippen molar-refractivity contribution in [2.75, 3.05) is 13.2 Å². The van der Waals surface area contributed by atoms with Gasteiger partial charge in [-0.3, -0.25) is 0 Å². The summed E-state index contributed by atoms with van der Waals surface area (Å²) in [5.74, 6) is 0.702. The number of hydrogen-bond acceptors (Lipinski definition) is 2. The van der Waals surface area contributed by atoms with Crippen molar-refractivity contribution in [3.63, 3.8) is 0 Å². The van der Waals surface area contributed by atoms with Gasteiger partial charge in [0.05, 0.1) is 6.61 Å². The van der Waals surface area contributed by atoms with Gasteiger partial charge in [-0.05, 0) is 19.3 Å². The van der Waals surface area contributed by atoms with Crippen LogP contribution in [-0.4, -0.2) is 18.8 Å². The van der Waals surface area contributed by atoms with Crippen LogP contribution in [0.3, 0.4) is 0 Å². The second-order valence-corrected chi connectivity index (χ2v) is 4.21. The molecule has 0 bridgehead atoms. The van der Waals surface area contributed by atoms with Crippen LogP contribution in [0.2, 0.25) is 0 Å². The molecule has 1 atom stereocenters. The Kier molecular flexibility index (Phi) is 6.35. The summed E-state index contributed by atoms with van der Waals surface area (Å²) in [5.41, 5.74) is 5.81. The Morgan fingerprint density at radius 1 is 1.23 bits per heavy atom. The number of hydrogen-bond donors (Lipinski definition) is 1. The molecule has 80 valence electrons. The molecule has 0 spiro atoms. The zero-order chi connectivity index (χ0) is 10.3. The van der Waals surface area contributed by atoms with E-state index < -0.39 is 0 Å². The van der Waals surface area contributed by atoms with Crippen molar-refractivity contribution in [1.29, 1.82) is 0 Å². The zero-order valence-electron chi connectivity index (χ0n) is 9.60. The molecule has 0 rings (SSSR count). The maximum atomic E-state index is 5.96. The normalized spacial score (nSPS) is 16.2. The van der Waals surface area contributed by atoms with Crippen LogP contribution in [0.4, 0.5) is 0 Å². The van der Waals surface area contributed by atoms with Gasteiger partial charge in [-0.15, -0.1) is 0 Å². The summed E-state index contributed by atoms with van der Waals surface area (Å²) in [6.45, 7) is 10.1. The van der Waals surface area contributed by atoms with Gasteiger partial charge in [-0.2, -0.15) is 0 Å². The third-order valence-corrected chi connectivity index (χ3v) is 2.75. The fourth-order valence-electron chi connectivity index (χ4n) is 1.09. The second kappa shape index (κ2) is 6.39. The Morgan fingerprint density at radius 2 is 1.77 bits per heavy atom. The van der Waals surface area contributed by atoms with Gasteiger partial charge in [0.25, 0.3) is 0 Å². The maximum Gasteiger partial charge on any atom is 0.0643 e. The van der Waals surface area contributed by atoms with Crippen LogP contribution in [0, 0.1) is 5.92 Å². The van der Waals surface area contributed by atoms with Gasteiger partial charge in [0.2, 0.25) is 0 Å². The molecule has 0 amide bonds. The first-order valence-electron chi connectivity index (χ1n) is 5.42. The molecule has 0 saturated carbocycles.